The minimum Gasteiger partial charge on any atom is -0.506 e. The lowest BCUT2D eigenvalue weighted by atomic mass is 10.0. The molecule has 4 rings (SSSR count). The maximum Gasteiger partial charge on any atom is 0.340 e. The van der Waals surface area contributed by atoms with E-state index in [-0.39, 0.29) is 41.7 Å². The molecule has 0 bridgehead atoms. The molecule has 0 spiro atoms. The Morgan fingerprint density at radius 1 is 1.19 bits per heavy atom. The number of benzene rings is 2. The SMILES string of the molecule is COC(=O)Cc1c(C)c2cc(Cl)c(O)c(CNCc3ccc4c(c3)OCO4)c2oc1=O. The van der Waals surface area contributed by atoms with Crippen LogP contribution in [0.1, 0.15) is 22.3 Å². The lowest BCUT2D eigenvalue weighted by molar-refractivity contribution is -0.139. The maximum absolute atomic E-state index is 12.5. The number of fused-ring (bicyclic) bond motifs is 2. The third-order valence-electron chi connectivity index (χ3n) is 5.22. The zero-order valence-corrected chi connectivity index (χ0v) is 17.7. The van der Waals surface area contributed by atoms with E-state index in [1.54, 1.807) is 6.92 Å². The molecule has 2 N–H and O–H groups in total. The van der Waals surface area contributed by atoms with Gasteiger partial charge < -0.3 is 29.1 Å². The highest BCUT2D eigenvalue weighted by Crippen LogP contribution is 2.36. The van der Waals surface area contributed by atoms with Crippen molar-refractivity contribution in [3.8, 4) is 17.2 Å². The summed E-state index contributed by atoms with van der Waals surface area (Å²) >= 11 is 6.23. The number of esters is 1. The zero-order valence-electron chi connectivity index (χ0n) is 16.9. The highest BCUT2D eigenvalue weighted by Gasteiger charge is 2.21. The molecule has 0 saturated heterocycles. The molecule has 3 aromatic rings. The quantitative estimate of drug-likeness (QED) is 0.440. The first-order chi connectivity index (χ1) is 14.9. The fraction of sp³-hybridized carbons (Fsp3) is 0.273. The second kappa shape index (κ2) is 8.49. The average Bonchev–Trinajstić information content (AvgIpc) is 3.22. The summed E-state index contributed by atoms with van der Waals surface area (Å²) in [6, 6.07) is 7.12. The highest BCUT2D eigenvalue weighted by molar-refractivity contribution is 6.33. The Hall–Kier alpha value is -3.23. The van der Waals surface area contributed by atoms with Crippen molar-refractivity contribution in [3.05, 3.63) is 62.0 Å². The second-order valence-electron chi connectivity index (χ2n) is 7.10. The third-order valence-corrected chi connectivity index (χ3v) is 5.50. The number of aromatic hydroxyl groups is 1. The lowest BCUT2D eigenvalue weighted by Crippen LogP contribution is -2.18. The molecule has 2 aromatic carbocycles. The van der Waals surface area contributed by atoms with Gasteiger partial charge in [0.15, 0.2) is 11.5 Å². The van der Waals surface area contributed by atoms with E-state index in [0.717, 1.165) is 5.56 Å². The van der Waals surface area contributed by atoms with E-state index in [1.165, 1.54) is 13.2 Å². The molecule has 1 aliphatic rings. The molecule has 8 nitrogen and oxygen atoms in total. The van der Waals surface area contributed by atoms with Gasteiger partial charge in [-0.25, -0.2) is 4.79 Å². The van der Waals surface area contributed by atoms with Crippen molar-refractivity contribution < 1.29 is 28.5 Å². The second-order valence-corrected chi connectivity index (χ2v) is 7.51. The molecule has 0 unspecified atom stereocenters. The first-order valence-electron chi connectivity index (χ1n) is 9.51. The topological polar surface area (TPSA) is 107 Å². The third kappa shape index (κ3) is 4.04. The standard InChI is InChI=1S/C22H20ClNO7/c1-11-13-6-16(23)20(26)15(21(13)31-22(27)14(11)7-19(25)28-2)9-24-8-12-3-4-17-18(5-12)30-10-29-17/h3-6,24,26H,7-10H2,1-2H3. The van der Waals surface area contributed by atoms with Crippen molar-refractivity contribution in [1.29, 1.82) is 0 Å². The van der Waals surface area contributed by atoms with Crippen LogP contribution < -0.4 is 20.4 Å². The van der Waals surface area contributed by atoms with Crippen molar-refractivity contribution in [1.82, 2.24) is 5.32 Å². The van der Waals surface area contributed by atoms with Gasteiger partial charge in [0, 0.05) is 18.5 Å². The predicted octanol–water partition coefficient (Wildman–Crippen LogP) is 3.19. The van der Waals surface area contributed by atoms with Gasteiger partial charge in [0.25, 0.3) is 0 Å². The Labute approximate surface area is 182 Å². The Balaban J connectivity index is 1.64. The molecule has 31 heavy (non-hydrogen) atoms. The van der Waals surface area contributed by atoms with Crippen LogP contribution in [0.5, 0.6) is 17.2 Å². The Morgan fingerprint density at radius 3 is 2.74 bits per heavy atom. The number of halogens is 1. The number of nitrogens with one attached hydrogen (secondary N) is 1. The number of aryl methyl sites for hydroxylation is 1. The van der Waals surface area contributed by atoms with Crippen LogP contribution in [-0.2, 0) is 29.0 Å². The van der Waals surface area contributed by atoms with Gasteiger partial charge in [-0.2, -0.15) is 0 Å². The normalized spacial score (nSPS) is 12.4. The number of ether oxygens (including phenoxy) is 3. The number of hydrogen-bond donors (Lipinski definition) is 2. The number of phenolic OH excluding ortho intramolecular Hbond substituents is 1. The van der Waals surface area contributed by atoms with Crippen LogP contribution in [0.25, 0.3) is 11.0 Å². The van der Waals surface area contributed by atoms with Gasteiger partial charge in [-0.05, 0) is 36.2 Å². The first kappa shape index (κ1) is 21.0. The number of carbonyl (C=O) groups excluding carboxylic acids is 1. The molecule has 1 aliphatic heterocycles. The van der Waals surface area contributed by atoms with Gasteiger partial charge in [-0.15, -0.1) is 0 Å². The van der Waals surface area contributed by atoms with Crippen LogP contribution in [0.15, 0.2) is 33.5 Å². The van der Waals surface area contributed by atoms with Crippen molar-refractivity contribution >= 4 is 28.5 Å². The first-order valence-corrected chi connectivity index (χ1v) is 9.89. The lowest BCUT2D eigenvalue weighted by Gasteiger charge is -2.14. The van der Waals surface area contributed by atoms with Crippen molar-refractivity contribution in [2.75, 3.05) is 13.9 Å². The van der Waals surface area contributed by atoms with Gasteiger partial charge in [0.1, 0.15) is 11.3 Å². The summed E-state index contributed by atoms with van der Waals surface area (Å²) in [5, 5.41) is 14.4. The fourth-order valence-corrected chi connectivity index (χ4v) is 3.73. The Bertz CT molecular complexity index is 1230. The molecule has 0 amide bonds. The van der Waals surface area contributed by atoms with E-state index in [1.807, 2.05) is 18.2 Å². The molecule has 0 atom stereocenters. The molecule has 0 saturated carbocycles. The van der Waals surface area contributed by atoms with E-state index in [0.29, 0.717) is 34.6 Å². The fourth-order valence-electron chi connectivity index (χ4n) is 3.51. The number of phenols is 1. The van der Waals surface area contributed by atoms with Crippen LogP contribution in [0, 0.1) is 6.92 Å². The summed E-state index contributed by atoms with van der Waals surface area (Å²) in [5.74, 6) is 0.651. The molecule has 0 fully saturated rings. The predicted molar refractivity (Wildman–Crippen MR) is 113 cm³/mol. The molecule has 1 aromatic heterocycles. The summed E-state index contributed by atoms with van der Waals surface area (Å²) < 4.78 is 20.8. The number of rotatable bonds is 6. The van der Waals surface area contributed by atoms with Gasteiger partial charge in [0.05, 0.1) is 29.7 Å². The number of hydrogen-bond acceptors (Lipinski definition) is 8. The molecular formula is C22H20ClNO7. The van der Waals surface area contributed by atoms with E-state index in [2.05, 4.69) is 10.1 Å². The van der Waals surface area contributed by atoms with Crippen LogP contribution in [0.2, 0.25) is 5.02 Å². The van der Waals surface area contributed by atoms with E-state index >= 15 is 0 Å². The molecule has 0 aliphatic carbocycles. The van der Waals surface area contributed by atoms with Crippen molar-refractivity contribution in [2.45, 2.75) is 26.4 Å². The molecule has 162 valence electrons. The van der Waals surface area contributed by atoms with E-state index < -0.39 is 11.6 Å². The Kier molecular flexibility index (Phi) is 5.75. The van der Waals surface area contributed by atoms with Crippen LogP contribution >= 0.6 is 11.6 Å². The van der Waals surface area contributed by atoms with Crippen LogP contribution in [-0.4, -0.2) is 25.0 Å². The molecule has 9 heteroatoms. The van der Waals surface area contributed by atoms with Crippen molar-refractivity contribution in [2.24, 2.45) is 0 Å². The summed E-state index contributed by atoms with van der Waals surface area (Å²) in [4.78, 5) is 24.2. The Morgan fingerprint density at radius 2 is 1.97 bits per heavy atom. The minimum atomic E-state index is -0.658. The average molecular weight is 446 g/mol. The molecule has 2 heterocycles. The summed E-state index contributed by atoms with van der Waals surface area (Å²) in [5.41, 5.74) is 1.61. The van der Waals surface area contributed by atoms with Crippen LogP contribution in [0.4, 0.5) is 0 Å². The highest BCUT2D eigenvalue weighted by atomic mass is 35.5. The largest absolute Gasteiger partial charge is 0.506 e. The maximum atomic E-state index is 12.5. The summed E-state index contributed by atoms with van der Waals surface area (Å²) in [6.45, 7) is 2.56. The zero-order chi connectivity index (χ0) is 22.1. The van der Waals surface area contributed by atoms with Gasteiger partial charge in [0.2, 0.25) is 6.79 Å². The smallest absolute Gasteiger partial charge is 0.340 e. The summed E-state index contributed by atoms with van der Waals surface area (Å²) in [6.07, 6.45) is -0.212. The van der Waals surface area contributed by atoms with E-state index in [9.17, 15) is 14.7 Å². The number of carbonyl (C=O) groups is 1. The van der Waals surface area contributed by atoms with Crippen LogP contribution in [0.3, 0.4) is 0 Å². The van der Waals surface area contributed by atoms with Crippen molar-refractivity contribution in [3.63, 3.8) is 0 Å². The van der Waals surface area contributed by atoms with Gasteiger partial charge in [-0.3, -0.25) is 4.79 Å². The van der Waals surface area contributed by atoms with E-state index in [4.69, 9.17) is 25.5 Å². The number of methoxy groups -OCH3 is 1. The van der Waals surface area contributed by atoms with Gasteiger partial charge in [-0.1, -0.05) is 17.7 Å². The molecular weight excluding hydrogens is 426 g/mol. The monoisotopic (exact) mass is 445 g/mol. The minimum absolute atomic E-state index is 0.119. The molecule has 0 radical (unpaired) electrons. The summed E-state index contributed by atoms with van der Waals surface area (Å²) in [7, 11) is 1.25. The van der Waals surface area contributed by atoms with Gasteiger partial charge >= 0.3 is 11.6 Å².